The number of halogens is 1. The van der Waals surface area contributed by atoms with E-state index < -0.39 is 4.92 Å². The summed E-state index contributed by atoms with van der Waals surface area (Å²) in [6.07, 6.45) is 0. The lowest BCUT2D eigenvalue weighted by Gasteiger charge is -1.94. The molecule has 0 atom stereocenters. The van der Waals surface area contributed by atoms with E-state index in [0.717, 1.165) is 0 Å². The van der Waals surface area contributed by atoms with Crippen LogP contribution in [0.25, 0.3) is 11.3 Å². The van der Waals surface area contributed by atoms with Crippen molar-refractivity contribution in [2.45, 2.75) is 5.88 Å². The molecule has 0 aliphatic rings. The van der Waals surface area contributed by atoms with E-state index in [1.807, 2.05) is 0 Å². The van der Waals surface area contributed by atoms with Crippen LogP contribution in [0.3, 0.4) is 0 Å². The minimum Gasteiger partial charge on any atom is -0.356 e. The molecule has 1 heterocycles. The highest BCUT2D eigenvalue weighted by molar-refractivity contribution is 6.16. The molecule has 5 nitrogen and oxygen atoms in total. The minimum absolute atomic E-state index is 0.0151. The van der Waals surface area contributed by atoms with Crippen LogP contribution >= 0.6 is 11.6 Å². The van der Waals surface area contributed by atoms with Crippen LogP contribution in [0.1, 0.15) is 5.69 Å². The summed E-state index contributed by atoms with van der Waals surface area (Å²) in [6.45, 7) is 0. The summed E-state index contributed by atoms with van der Waals surface area (Å²) >= 11 is 5.58. The summed E-state index contributed by atoms with van der Waals surface area (Å²) in [4.78, 5) is 10.1. The van der Waals surface area contributed by atoms with Gasteiger partial charge < -0.3 is 4.52 Å². The monoisotopic (exact) mass is 238 g/mol. The number of nitro groups is 1. The Morgan fingerprint density at radius 1 is 1.44 bits per heavy atom. The molecule has 0 aliphatic carbocycles. The second-order valence-corrected chi connectivity index (χ2v) is 3.39. The van der Waals surface area contributed by atoms with Gasteiger partial charge in [-0.15, -0.1) is 11.6 Å². The van der Waals surface area contributed by atoms with E-state index in [1.54, 1.807) is 18.2 Å². The van der Waals surface area contributed by atoms with Gasteiger partial charge in [0.15, 0.2) is 5.76 Å². The highest BCUT2D eigenvalue weighted by atomic mass is 35.5. The van der Waals surface area contributed by atoms with Gasteiger partial charge in [-0.2, -0.15) is 0 Å². The summed E-state index contributed by atoms with van der Waals surface area (Å²) in [5.74, 6) is 0.720. The molecule has 0 saturated heterocycles. The summed E-state index contributed by atoms with van der Waals surface area (Å²) in [7, 11) is 0. The van der Waals surface area contributed by atoms with Crippen molar-refractivity contribution in [3.8, 4) is 11.3 Å². The van der Waals surface area contributed by atoms with Crippen molar-refractivity contribution >= 4 is 17.3 Å². The summed E-state index contributed by atoms with van der Waals surface area (Å²) in [5.41, 5.74) is 1.22. The molecule has 2 rings (SSSR count). The molecule has 0 unspecified atom stereocenters. The van der Waals surface area contributed by atoms with Gasteiger partial charge in [-0.3, -0.25) is 10.1 Å². The Morgan fingerprint density at radius 2 is 2.25 bits per heavy atom. The number of alkyl halides is 1. The van der Waals surface area contributed by atoms with Crippen LogP contribution in [0.4, 0.5) is 5.69 Å². The zero-order chi connectivity index (χ0) is 11.5. The SMILES string of the molecule is O=[N+]([O-])c1cccc(-c2cc(CCl)no2)c1. The predicted octanol–water partition coefficient (Wildman–Crippen LogP) is 2.99. The van der Waals surface area contributed by atoms with Crippen LogP contribution in [0.2, 0.25) is 0 Å². The molecular formula is C10H7ClN2O3. The number of nitro benzene ring substituents is 1. The van der Waals surface area contributed by atoms with Crippen molar-refractivity contribution in [1.29, 1.82) is 0 Å². The summed E-state index contributed by atoms with van der Waals surface area (Å²) < 4.78 is 5.02. The zero-order valence-corrected chi connectivity index (χ0v) is 8.85. The van der Waals surface area contributed by atoms with Gasteiger partial charge in [0.1, 0.15) is 0 Å². The van der Waals surface area contributed by atoms with Gasteiger partial charge in [-0.25, -0.2) is 0 Å². The van der Waals surface area contributed by atoms with Gasteiger partial charge in [-0.05, 0) is 0 Å². The van der Waals surface area contributed by atoms with Crippen molar-refractivity contribution in [3.05, 3.63) is 46.1 Å². The molecule has 0 aliphatic heterocycles. The summed E-state index contributed by atoms with van der Waals surface area (Å²) in [5, 5.41) is 14.3. The van der Waals surface area contributed by atoms with Crippen molar-refractivity contribution in [2.75, 3.05) is 0 Å². The van der Waals surface area contributed by atoms with E-state index in [9.17, 15) is 10.1 Å². The average molecular weight is 239 g/mol. The lowest BCUT2D eigenvalue weighted by Crippen LogP contribution is -1.87. The minimum atomic E-state index is -0.456. The third-order valence-corrected chi connectivity index (χ3v) is 2.31. The van der Waals surface area contributed by atoms with Crippen molar-refractivity contribution in [1.82, 2.24) is 5.16 Å². The standard InChI is InChI=1S/C10H7ClN2O3/c11-6-8-5-10(16-12-8)7-2-1-3-9(4-7)13(14)15/h1-5H,6H2. The number of nitrogens with zero attached hydrogens (tertiary/aromatic N) is 2. The first-order valence-corrected chi connectivity index (χ1v) is 5.00. The molecule has 1 aromatic heterocycles. The zero-order valence-electron chi connectivity index (χ0n) is 8.09. The fraction of sp³-hybridized carbons (Fsp3) is 0.100. The summed E-state index contributed by atoms with van der Waals surface area (Å²) in [6, 6.07) is 7.81. The van der Waals surface area contributed by atoms with Gasteiger partial charge >= 0.3 is 0 Å². The lowest BCUT2D eigenvalue weighted by atomic mass is 10.1. The second-order valence-electron chi connectivity index (χ2n) is 3.12. The van der Waals surface area contributed by atoms with E-state index >= 15 is 0 Å². The van der Waals surface area contributed by atoms with E-state index in [2.05, 4.69) is 5.16 Å². The maximum atomic E-state index is 10.6. The van der Waals surface area contributed by atoms with Gasteiger partial charge in [0, 0.05) is 23.8 Å². The predicted molar refractivity (Wildman–Crippen MR) is 58.2 cm³/mol. The van der Waals surface area contributed by atoms with Gasteiger partial charge in [0.2, 0.25) is 0 Å². The van der Waals surface area contributed by atoms with Gasteiger partial charge in [-0.1, -0.05) is 17.3 Å². The number of benzene rings is 1. The molecule has 0 amide bonds. The fourth-order valence-corrected chi connectivity index (χ4v) is 1.41. The van der Waals surface area contributed by atoms with Crippen LogP contribution in [-0.2, 0) is 5.88 Å². The molecule has 0 radical (unpaired) electrons. The van der Waals surface area contributed by atoms with Crippen LogP contribution in [0, 0.1) is 10.1 Å². The lowest BCUT2D eigenvalue weighted by molar-refractivity contribution is -0.384. The van der Waals surface area contributed by atoms with Crippen LogP contribution in [0.5, 0.6) is 0 Å². The first-order valence-electron chi connectivity index (χ1n) is 4.47. The smallest absolute Gasteiger partial charge is 0.270 e. The maximum Gasteiger partial charge on any atom is 0.270 e. The molecule has 0 bridgehead atoms. The molecule has 1 aromatic carbocycles. The van der Waals surface area contributed by atoms with E-state index in [1.165, 1.54) is 12.1 Å². The molecule has 0 fully saturated rings. The quantitative estimate of drug-likeness (QED) is 0.468. The van der Waals surface area contributed by atoms with E-state index in [-0.39, 0.29) is 11.6 Å². The Balaban J connectivity index is 2.40. The normalized spacial score (nSPS) is 10.3. The highest BCUT2D eigenvalue weighted by Crippen LogP contribution is 2.24. The Bertz CT molecular complexity index is 524. The molecule has 82 valence electrons. The second kappa shape index (κ2) is 4.32. The van der Waals surface area contributed by atoms with E-state index in [0.29, 0.717) is 17.0 Å². The third kappa shape index (κ3) is 2.04. The fourth-order valence-electron chi connectivity index (χ4n) is 1.28. The van der Waals surface area contributed by atoms with Gasteiger partial charge in [0.25, 0.3) is 5.69 Å². The third-order valence-electron chi connectivity index (χ3n) is 2.04. The molecule has 16 heavy (non-hydrogen) atoms. The van der Waals surface area contributed by atoms with Crippen molar-refractivity contribution in [2.24, 2.45) is 0 Å². The van der Waals surface area contributed by atoms with Crippen LogP contribution in [-0.4, -0.2) is 10.1 Å². The molecule has 0 saturated carbocycles. The number of non-ortho nitro benzene ring substituents is 1. The first-order chi connectivity index (χ1) is 7.70. The highest BCUT2D eigenvalue weighted by Gasteiger charge is 2.10. The maximum absolute atomic E-state index is 10.6. The Morgan fingerprint density at radius 3 is 2.88 bits per heavy atom. The Labute approximate surface area is 95.8 Å². The topological polar surface area (TPSA) is 69.2 Å². The Hall–Kier alpha value is -1.88. The Kier molecular flexibility index (Phi) is 2.87. The number of rotatable bonds is 3. The molecule has 0 N–H and O–H groups in total. The van der Waals surface area contributed by atoms with E-state index in [4.69, 9.17) is 16.1 Å². The number of hydrogen-bond donors (Lipinski definition) is 0. The largest absolute Gasteiger partial charge is 0.356 e. The molecular weight excluding hydrogens is 232 g/mol. The average Bonchev–Trinajstić information content (AvgIpc) is 2.77. The first kappa shape index (κ1) is 10.6. The number of aromatic nitrogens is 1. The number of hydrogen-bond acceptors (Lipinski definition) is 4. The molecule has 6 heteroatoms. The van der Waals surface area contributed by atoms with Crippen LogP contribution in [0.15, 0.2) is 34.9 Å². The van der Waals surface area contributed by atoms with Crippen molar-refractivity contribution < 1.29 is 9.45 Å². The van der Waals surface area contributed by atoms with Crippen molar-refractivity contribution in [3.63, 3.8) is 0 Å². The van der Waals surface area contributed by atoms with Gasteiger partial charge in [0.05, 0.1) is 16.5 Å². The van der Waals surface area contributed by atoms with Crippen LogP contribution < -0.4 is 0 Å². The molecule has 0 spiro atoms. The molecule has 2 aromatic rings.